The summed E-state index contributed by atoms with van der Waals surface area (Å²) in [7, 11) is -1.55. The van der Waals surface area contributed by atoms with E-state index in [0.29, 0.717) is 5.92 Å². The van der Waals surface area contributed by atoms with Gasteiger partial charge in [0.2, 0.25) is 0 Å². The molecule has 0 aromatic heterocycles. The van der Waals surface area contributed by atoms with Gasteiger partial charge in [0.15, 0.2) is 0 Å². The van der Waals surface area contributed by atoms with Crippen LogP contribution in [0.5, 0.6) is 0 Å². The van der Waals surface area contributed by atoms with E-state index < -0.39 is 13.8 Å². The van der Waals surface area contributed by atoms with Crippen LogP contribution in [0.15, 0.2) is 0 Å². The number of carbonyl (C=O) groups excluding carboxylic acids is 1. The van der Waals surface area contributed by atoms with Crippen LogP contribution >= 0.6 is 0 Å². The number of nitrogens with zero attached hydrogens (tertiary/aromatic N) is 1. The molecule has 1 fully saturated rings. The van der Waals surface area contributed by atoms with Crippen molar-refractivity contribution in [1.82, 2.24) is 4.57 Å². The lowest BCUT2D eigenvalue weighted by Gasteiger charge is -2.35. The van der Waals surface area contributed by atoms with Gasteiger partial charge in [-0.3, -0.25) is 4.79 Å². The van der Waals surface area contributed by atoms with Gasteiger partial charge in [-0.25, -0.2) is 0 Å². The van der Waals surface area contributed by atoms with Crippen LogP contribution in [-0.4, -0.2) is 48.7 Å². The highest BCUT2D eigenvalue weighted by Crippen LogP contribution is 2.31. The molecule has 2 atom stereocenters. The largest absolute Gasteiger partial charge is 0.459 e. The molecule has 1 saturated heterocycles. The molecular formula is C14H29NO3Si. The molecular weight excluding hydrogens is 258 g/mol. The van der Waals surface area contributed by atoms with Crippen molar-refractivity contribution in [1.29, 1.82) is 0 Å². The Kier molecular flexibility index (Phi) is 5.20. The summed E-state index contributed by atoms with van der Waals surface area (Å²) in [6.45, 7) is 13.6. The van der Waals surface area contributed by atoms with Crippen molar-refractivity contribution in [2.75, 3.05) is 13.2 Å². The van der Waals surface area contributed by atoms with Crippen molar-refractivity contribution in [3.63, 3.8) is 0 Å². The minimum absolute atomic E-state index is 0.102. The van der Waals surface area contributed by atoms with Crippen LogP contribution < -0.4 is 0 Å². The van der Waals surface area contributed by atoms with Crippen LogP contribution in [-0.2, 0) is 9.53 Å². The number of hydrogen-bond acceptors (Lipinski definition) is 4. The highest BCUT2D eigenvalue weighted by molar-refractivity contribution is 6.73. The maximum Gasteiger partial charge on any atom is 0.323 e. The molecule has 5 heteroatoms. The molecule has 1 rings (SSSR count). The summed E-state index contributed by atoms with van der Waals surface area (Å²) in [5, 5.41) is 9.10. The lowest BCUT2D eigenvalue weighted by molar-refractivity contribution is -0.159. The number of carbonyl (C=O) groups is 1. The summed E-state index contributed by atoms with van der Waals surface area (Å²) in [4.78, 5) is 12.4. The third kappa shape index (κ3) is 4.89. The molecule has 0 radical (unpaired) electrons. The lowest BCUT2D eigenvalue weighted by atomic mass is 10.0. The molecule has 0 aromatic carbocycles. The number of aliphatic hydroxyl groups is 1. The predicted molar refractivity (Wildman–Crippen MR) is 79.5 cm³/mol. The average molecular weight is 287 g/mol. The summed E-state index contributed by atoms with van der Waals surface area (Å²) in [6, 6.07) is -0.123. The second kappa shape index (κ2) is 5.93. The average Bonchev–Trinajstić information content (AvgIpc) is 2.59. The molecule has 0 amide bonds. The molecule has 0 bridgehead atoms. The van der Waals surface area contributed by atoms with Gasteiger partial charge in [-0.1, -0.05) is 19.6 Å². The van der Waals surface area contributed by atoms with Gasteiger partial charge >= 0.3 is 5.97 Å². The van der Waals surface area contributed by atoms with Gasteiger partial charge < -0.3 is 14.4 Å². The summed E-state index contributed by atoms with van der Waals surface area (Å²) in [5.74, 6) is 0.310. The number of rotatable bonds is 4. The summed E-state index contributed by atoms with van der Waals surface area (Å²) < 4.78 is 7.90. The number of hydrogen-bond donors (Lipinski definition) is 1. The maximum absolute atomic E-state index is 12.4. The van der Waals surface area contributed by atoms with E-state index in [9.17, 15) is 4.79 Å². The van der Waals surface area contributed by atoms with Gasteiger partial charge in [-0.15, -0.1) is 0 Å². The summed E-state index contributed by atoms with van der Waals surface area (Å²) >= 11 is 0. The quantitative estimate of drug-likeness (QED) is 0.636. The van der Waals surface area contributed by atoms with E-state index in [2.05, 4.69) is 24.2 Å². The predicted octanol–water partition coefficient (Wildman–Crippen LogP) is 2.24. The number of ether oxygens (including phenoxy) is 1. The fourth-order valence-corrected chi connectivity index (χ4v) is 4.60. The Morgan fingerprint density at radius 2 is 1.95 bits per heavy atom. The van der Waals surface area contributed by atoms with Gasteiger partial charge in [0, 0.05) is 6.61 Å². The van der Waals surface area contributed by atoms with E-state index in [1.165, 1.54) is 0 Å². The molecule has 4 nitrogen and oxygen atoms in total. The maximum atomic E-state index is 12.4. The lowest BCUT2D eigenvalue weighted by Crippen LogP contribution is -2.52. The Labute approximate surface area is 118 Å². The van der Waals surface area contributed by atoms with Crippen molar-refractivity contribution in [3.05, 3.63) is 0 Å². The zero-order valence-electron chi connectivity index (χ0n) is 13.2. The van der Waals surface area contributed by atoms with Crippen molar-refractivity contribution >= 4 is 14.2 Å². The van der Waals surface area contributed by atoms with E-state index in [-0.39, 0.29) is 18.6 Å². The molecule has 0 aromatic rings. The van der Waals surface area contributed by atoms with Crippen molar-refractivity contribution in [2.24, 2.45) is 5.92 Å². The smallest absolute Gasteiger partial charge is 0.323 e. The molecule has 1 heterocycles. The minimum atomic E-state index is -1.55. The Balaban J connectivity index is 2.80. The van der Waals surface area contributed by atoms with E-state index in [0.717, 1.165) is 19.4 Å². The first kappa shape index (κ1) is 16.7. The Bertz CT molecular complexity index is 320. The van der Waals surface area contributed by atoms with Crippen LogP contribution in [0.4, 0.5) is 0 Å². The van der Waals surface area contributed by atoms with E-state index >= 15 is 0 Å². The van der Waals surface area contributed by atoms with Crippen molar-refractivity contribution in [3.8, 4) is 0 Å². The third-order valence-corrected chi connectivity index (χ3v) is 5.68. The van der Waals surface area contributed by atoms with Gasteiger partial charge in [0.1, 0.15) is 19.9 Å². The fourth-order valence-electron chi connectivity index (χ4n) is 2.65. The molecule has 0 saturated carbocycles. The van der Waals surface area contributed by atoms with Crippen LogP contribution in [0.2, 0.25) is 19.6 Å². The second-order valence-corrected chi connectivity index (χ2v) is 12.4. The van der Waals surface area contributed by atoms with E-state index in [1.54, 1.807) is 0 Å². The van der Waals surface area contributed by atoms with E-state index in [4.69, 9.17) is 9.84 Å². The van der Waals surface area contributed by atoms with Gasteiger partial charge in [0.25, 0.3) is 0 Å². The highest BCUT2D eigenvalue weighted by Gasteiger charge is 2.43. The summed E-state index contributed by atoms with van der Waals surface area (Å²) in [6.07, 6.45) is 1.60. The Morgan fingerprint density at radius 1 is 1.37 bits per heavy atom. The Hall–Kier alpha value is -0.393. The topological polar surface area (TPSA) is 49.8 Å². The van der Waals surface area contributed by atoms with Crippen LogP contribution in [0, 0.1) is 5.92 Å². The minimum Gasteiger partial charge on any atom is -0.459 e. The van der Waals surface area contributed by atoms with Crippen LogP contribution in [0.3, 0.4) is 0 Å². The SMILES string of the molecule is CC(C)(C)OC(=O)[C@H]1C[C@H](CCO)CN1[Si](C)(C)C. The zero-order valence-corrected chi connectivity index (χ0v) is 14.2. The third-order valence-electron chi connectivity index (χ3n) is 3.47. The molecule has 1 N–H and O–H groups in total. The number of aliphatic hydroxyl groups excluding tert-OH is 1. The fraction of sp³-hybridized carbons (Fsp3) is 0.929. The second-order valence-electron chi connectivity index (χ2n) is 7.49. The van der Waals surface area contributed by atoms with Gasteiger partial charge in [-0.05, 0) is 46.1 Å². The monoisotopic (exact) mass is 287 g/mol. The van der Waals surface area contributed by atoms with E-state index in [1.807, 2.05) is 20.8 Å². The first-order valence-electron chi connectivity index (χ1n) is 7.15. The molecule has 1 aliphatic rings. The summed E-state index contributed by atoms with van der Waals surface area (Å²) in [5.41, 5.74) is -0.433. The normalized spacial score (nSPS) is 25.6. The van der Waals surface area contributed by atoms with Gasteiger partial charge in [-0.2, -0.15) is 0 Å². The molecule has 0 unspecified atom stereocenters. The molecule has 112 valence electrons. The first-order chi connectivity index (χ1) is 8.54. The first-order valence-corrected chi connectivity index (χ1v) is 10.6. The molecule has 19 heavy (non-hydrogen) atoms. The highest BCUT2D eigenvalue weighted by atomic mass is 28.3. The molecule has 1 aliphatic heterocycles. The van der Waals surface area contributed by atoms with Gasteiger partial charge in [0.05, 0.1) is 0 Å². The van der Waals surface area contributed by atoms with Crippen molar-refractivity contribution < 1.29 is 14.6 Å². The zero-order chi connectivity index (χ0) is 14.8. The Morgan fingerprint density at radius 3 is 2.37 bits per heavy atom. The molecule has 0 aliphatic carbocycles. The van der Waals surface area contributed by atoms with Crippen LogP contribution in [0.1, 0.15) is 33.6 Å². The van der Waals surface area contributed by atoms with Crippen LogP contribution in [0.25, 0.3) is 0 Å². The molecule has 0 spiro atoms. The number of esters is 1. The van der Waals surface area contributed by atoms with Crippen molar-refractivity contribution in [2.45, 2.75) is 64.9 Å². The standard InChI is InChI=1S/C14H29NO3Si/c1-14(2,3)18-13(17)12-9-11(7-8-16)10-15(12)19(4,5)6/h11-12,16H,7-10H2,1-6H3/t11-,12+/m0/s1.